The van der Waals surface area contributed by atoms with Crippen LogP contribution < -0.4 is 5.32 Å². The van der Waals surface area contributed by atoms with E-state index in [9.17, 15) is 4.79 Å². The topological polar surface area (TPSA) is 55.1 Å². The van der Waals surface area contributed by atoms with Gasteiger partial charge in [0.05, 0.1) is 17.8 Å². The fourth-order valence-electron chi connectivity index (χ4n) is 4.58. The number of nitrogens with zero attached hydrogens (tertiary/aromatic N) is 4. The highest BCUT2D eigenvalue weighted by molar-refractivity contribution is 5.79. The Kier molecular flexibility index (Phi) is 6.35. The van der Waals surface area contributed by atoms with E-state index in [1.54, 1.807) is 0 Å². The van der Waals surface area contributed by atoms with E-state index in [0.29, 0.717) is 6.54 Å². The zero-order chi connectivity index (χ0) is 22.5. The van der Waals surface area contributed by atoms with Gasteiger partial charge in [-0.25, -0.2) is 4.68 Å². The first-order valence-corrected chi connectivity index (χ1v) is 11.6. The van der Waals surface area contributed by atoms with E-state index in [0.717, 1.165) is 55.1 Å². The number of para-hydroxylation sites is 1. The van der Waals surface area contributed by atoms with Gasteiger partial charge in [-0.1, -0.05) is 48.5 Å². The second-order valence-electron chi connectivity index (χ2n) is 8.61. The zero-order valence-corrected chi connectivity index (χ0v) is 18.7. The highest BCUT2D eigenvalue weighted by Crippen LogP contribution is 2.24. The van der Waals surface area contributed by atoms with E-state index in [1.165, 1.54) is 0 Å². The van der Waals surface area contributed by atoms with Crippen molar-refractivity contribution in [3.05, 3.63) is 103 Å². The van der Waals surface area contributed by atoms with Gasteiger partial charge in [0.15, 0.2) is 0 Å². The summed E-state index contributed by atoms with van der Waals surface area (Å²) in [5.41, 5.74) is 3.31. The smallest absolute Gasteiger partial charge is 0.224 e. The molecule has 0 aliphatic carbocycles. The number of carbonyl (C=O) groups is 1. The van der Waals surface area contributed by atoms with E-state index in [1.807, 2.05) is 71.5 Å². The van der Waals surface area contributed by atoms with Crippen LogP contribution in [0.3, 0.4) is 0 Å². The van der Waals surface area contributed by atoms with Crippen molar-refractivity contribution in [3.8, 4) is 11.5 Å². The van der Waals surface area contributed by atoms with E-state index in [4.69, 9.17) is 5.10 Å². The summed E-state index contributed by atoms with van der Waals surface area (Å²) in [7, 11) is 0. The van der Waals surface area contributed by atoms with Crippen LogP contribution in [0.2, 0.25) is 0 Å². The molecule has 1 aliphatic rings. The second-order valence-corrected chi connectivity index (χ2v) is 8.61. The second kappa shape index (κ2) is 9.88. The maximum Gasteiger partial charge on any atom is 0.224 e. The van der Waals surface area contributed by atoms with Crippen molar-refractivity contribution in [1.29, 1.82) is 0 Å². The molecule has 0 spiro atoms. The summed E-state index contributed by atoms with van der Waals surface area (Å²) >= 11 is 0. The Morgan fingerprint density at radius 3 is 2.45 bits per heavy atom. The van der Waals surface area contributed by atoms with Crippen molar-refractivity contribution >= 4 is 5.91 Å². The number of nitrogens with one attached hydrogen (secondary N) is 1. The molecule has 0 bridgehead atoms. The number of aromatic nitrogens is 3. The molecule has 2 aromatic carbocycles. The lowest BCUT2D eigenvalue weighted by molar-refractivity contribution is -0.126. The molecule has 33 heavy (non-hydrogen) atoms. The molecule has 1 N–H and O–H groups in total. The molecule has 6 heteroatoms. The maximum atomic E-state index is 12.9. The van der Waals surface area contributed by atoms with Gasteiger partial charge >= 0.3 is 0 Å². The van der Waals surface area contributed by atoms with Gasteiger partial charge in [-0.05, 0) is 49.2 Å². The molecular formula is C27H29N5O. The Balaban J connectivity index is 1.30. The third-order valence-electron chi connectivity index (χ3n) is 6.25. The predicted octanol–water partition coefficient (Wildman–Crippen LogP) is 4.19. The average molecular weight is 440 g/mol. The van der Waals surface area contributed by atoms with Gasteiger partial charge in [-0.15, -0.1) is 0 Å². The highest BCUT2D eigenvalue weighted by Gasteiger charge is 2.27. The summed E-state index contributed by atoms with van der Waals surface area (Å²) in [5.74, 6) is 1.21. The van der Waals surface area contributed by atoms with Crippen molar-refractivity contribution in [3.63, 3.8) is 0 Å². The molecule has 6 nitrogen and oxygen atoms in total. The van der Waals surface area contributed by atoms with Crippen molar-refractivity contribution in [2.24, 2.45) is 5.92 Å². The van der Waals surface area contributed by atoms with Crippen LogP contribution in [0.5, 0.6) is 0 Å². The Labute approximate surface area is 194 Å². The molecule has 1 aliphatic heterocycles. The van der Waals surface area contributed by atoms with Crippen LogP contribution in [0.25, 0.3) is 11.5 Å². The van der Waals surface area contributed by atoms with Crippen molar-refractivity contribution in [2.45, 2.75) is 25.9 Å². The molecule has 0 radical (unpaired) electrons. The average Bonchev–Trinajstić information content (AvgIpc) is 3.54. The van der Waals surface area contributed by atoms with Gasteiger partial charge in [-0.2, -0.15) is 5.10 Å². The Bertz CT molecular complexity index is 1170. The summed E-state index contributed by atoms with van der Waals surface area (Å²) in [6.07, 6.45) is 8.02. The minimum Gasteiger partial charge on any atom is -0.352 e. The Morgan fingerprint density at radius 2 is 1.70 bits per heavy atom. The van der Waals surface area contributed by atoms with Crippen LogP contribution in [0, 0.1) is 5.92 Å². The molecule has 1 amide bonds. The minimum atomic E-state index is 0.0154. The molecule has 3 heterocycles. The van der Waals surface area contributed by atoms with E-state index in [-0.39, 0.29) is 11.8 Å². The van der Waals surface area contributed by atoms with Crippen LogP contribution in [0.1, 0.15) is 24.0 Å². The molecule has 1 atom stereocenters. The number of likely N-dealkylation sites (tertiary alicyclic amines) is 1. The van der Waals surface area contributed by atoms with Crippen LogP contribution in [0.15, 0.2) is 91.4 Å². The first kappa shape index (κ1) is 21.2. The molecule has 4 aromatic rings. The molecule has 2 aromatic heterocycles. The van der Waals surface area contributed by atoms with Gasteiger partial charge in [0, 0.05) is 37.6 Å². The minimum absolute atomic E-state index is 0.0154. The molecule has 1 saturated heterocycles. The summed E-state index contributed by atoms with van der Waals surface area (Å²) in [6, 6.07) is 24.3. The van der Waals surface area contributed by atoms with Crippen molar-refractivity contribution < 1.29 is 4.79 Å². The number of hydrogen-bond donors (Lipinski definition) is 1. The number of carbonyl (C=O) groups excluding carboxylic acids is 1. The van der Waals surface area contributed by atoms with Crippen molar-refractivity contribution in [2.75, 3.05) is 13.1 Å². The molecule has 5 rings (SSSR count). The standard InChI is InChI=1S/C27H29N5O/c33-26(28-18-22-10-3-1-4-11-22)23-12-9-15-30(20-23)21-24-19-29-32(25-13-5-2-6-14-25)27(24)31-16-7-8-17-31/h1-8,10-11,13-14,16-17,19,23H,9,12,15,18,20-21H2,(H,28,33)/t23-/m0/s1. The number of rotatable bonds is 7. The van der Waals surface area contributed by atoms with E-state index < -0.39 is 0 Å². The van der Waals surface area contributed by atoms with E-state index >= 15 is 0 Å². The number of piperidine rings is 1. The summed E-state index contributed by atoms with van der Waals surface area (Å²) < 4.78 is 4.10. The van der Waals surface area contributed by atoms with Crippen molar-refractivity contribution in [1.82, 2.24) is 24.6 Å². The van der Waals surface area contributed by atoms with Gasteiger partial charge < -0.3 is 9.88 Å². The summed E-state index contributed by atoms with van der Waals surface area (Å²) in [5, 5.41) is 7.84. The van der Waals surface area contributed by atoms with Gasteiger partial charge in [0.1, 0.15) is 5.82 Å². The fraction of sp³-hybridized carbons (Fsp3) is 0.259. The van der Waals surface area contributed by atoms with Gasteiger partial charge in [-0.3, -0.25) is 9.69 Å². The molecule has 168 valence electrons. The fourth-order valence-corrected chi connectivity index (χ4v) is 4.58. The molecular weight excluding hydrogens is 410 g/mol. The molecule has 0 saturated carbocycles. The SMILES string of the molecule is O=C(NCc1ccccc1)[C@H]1CCCN(Cc2cnn(-c3ccccc3)c2-n2cccc2)C1. The summed E-state index contributed by atoms with van der Waals surface area (Å²) in [4.78, 5) is 15.2. The number of hydrogen-bond acceptors (Lipinski definition) is 3. The Hall–Kier alpha value is -3.64. The van der Waals surface area contributed by atoms with Crippen LogP contribution in [-0.4, -0.2) is 38.2 Å². The monoisotopic (exact) mass is 439 g/mol. The maximum absolute atomic E-state index is 12.9. The lowest BCUT2D eigenvalue weighted by Gasteiger charge is -2.32. The summed E-state index contributed by atoms with van der Waals surface area (Å²) in [6.45, 7) is 3.10. The lowest BCUT2D eigenvalue weighted by atomic mass is 9.96. The molecule has 0 unspecified atom stereocenters. The lowest BCUT2D eigenvalue weighted by Crippen LogP contribution is -2.42. The van der Waals surface area contributed by atoms with Crippen LogP contribution >= 0.6 is 0 Å². The van der Waals surface area contributed by atoms with Crippen LogP contribution in [-0.2, 0) is 17.9 Å². The third-order valence-corrected chi connectivity index (χ3v) is 6.25. The number of benzene rings is 2. The predicted molar refractivity (Wildman–Crippen MR) is 129 cm³/mol. The van der Waals surface area contributed by atoms with Gasteiger partial charge in [0.2, 0.25) is 5.91 Å². The van der Waals surface area contributed by atoms with E-state index in [2.05, 4.69) is 39.3 Å². The van der Waals surface area contributed by atoms with Crippen LogP contribution in [0.4, 0.5) is 0 Å². The normalized spacial score (nSPS) is 16.5. The zero-order valence-electron chi connectivity index (χ0n) is 18.7. The molecule has 1 fully saturated rings. The Morgan fingerprint density at radius 1 is 0.970 bits per heavy atom. The highest BCUT2D eigenvalue weighted by atomic mass is 16.1. The quantitative estimate of drug-likeness (QED) is 0.470. The third kappa shape index (κ3) is 4.91. The van der Waals surface area contributed by atoms with Gasteiger partial charge in [0.25, 0.3) is 0 Å². The first-order chi connectivity index (χ1) is 16.3. The largest absolute Gasteiger partial charge is 0.352 e. The number of amides is 1. The first-order valence-electron chi connectivity index (χ1n) is 11.6.